The van der Waals surface area contributed by atoms with Crippen molar-refractivity contribution in [2.24, 2.45) is 5.73 Å². The minimum atomic E-state index is -0.608. The van der Waals surface area contributed by atoms with E-state index in [1.807, 2.05) is 0 Å². The van der Waals surface area contributed by atoms with E-state index in [1.54, 1.807) is 30.5 Å². The van der Waals surface area contributed by atoms with Crippen LogP contribution in [-0.2, 0) is 0 Å². The summed E-state index contributed by atoms with van der Waals surface area (Å²) in [6.45, 7) is 0. The van der Waals surface area contributed by atoms with E-state index in [-0.39, 0.29) is 11.3 Å². The number of hydrogen-bond donors (Lipinski definition) is 2. The fourth-order valence-electron chi connectivity index (χ4n) is 2.17. The van der Waals surface area contributed by atoms with Gasteiger partial charge in [-0.2, -0.15) is 5.10 Å². The van der Waals surface area contributed by atoms with E-state index in [9.17, 15) is 14.0 Å². The van der Waals surface area contributed by atoms with Gasteiger partial charge in [-0.1, -0.05) is 0 Å². The summed E-state index contributed by atoms with van der Waals surface area (Å²) in [4.78, 5) is 23.3. The van der Waals surface area contributed by atoms with Crippen molar-refractivity contribution < 1.29 is 14.0 Å². The molecule has 0 saturated carbocycles. The SMILES string of the molecule is NC(=O)c1ccn(-c2ccc(NC(=O)c3cc(F)ccc3Br)cc2)n1. The third kappa shape index (κ3) is 3.74. The third-order valence-electron chi connectivity index (χ3n) is 3.40. The average molecular weight is 403 g/mol. The molecule has 0 aliphatic carbocycles. The lowest BCUT2D eigenvalue weighted by atomic mass is 10.2. The van der Waals surface area contributed by atoms with E-state index in [0.717, 1.165) is 6.07 Å². The summed E-state index contributed by atoms with van der Waals surface area (Å²) in [5, 5.41) is 6.74. The molecule has 25 heavy (non-hydrogen) atoms. The second-order valence-electron chi connectivity index (χ2n) is 5.13. The minimum absolute atomic E-state index is 0.160. The maximum Gasteiger partial charge on any atom is 0.269 e. The third-order valence-corrected chi connectivity index (χ3v) is 4.10. The summed E-state index contributed by atoms with van der Waals surface area (Å²) in [6.07, 6.45) is 1.61. The van der Waals surface area contributed by atoms with Gasteiger partial charge in [0.2, 0.25) is 0 Å². The van der Waals surface area contributed by atoms with Gasteiger partial charge in [0.05, 0.1) is 11.3 Å². The number of primary amides is 1. The molecule has 0 bridgehead atoms. The first kappa shape index (κ1) is 16.8. The largest absolute Gasteiger partial charge is 0.364 e. The lowest BCUT2D eigenvalue weighted by Crippen LogP contribution is -2.13. The number of hydrogen-bond acceptors (Lipinski definition) is 3. The number of amides is 2. The second-order valence-corrected chi connectivity index (χ2v) is 5.99. The van der Waals surface area contributed by atoms with Crippen molar-refractivity contribution >= 4 is 33.4 Å². The molecule has 6 nitrogen and oxygen atoms in total. The number of anilines is 1. The highest BCUT2D eigenvalue weighted by molar-refractivity contribution is 9.10. The van der Waals surface area contributed by atoms with Crippen LogP contribution in [0.5, 0.6) is 0 Å². The van der Waals surface area contributed by atoms with Crippen LogP contribution in [0.3, 0.4) is 0 Å². The first-order chi connectivity index (χ1) is 11.9. The number of carbonyl (C=O) groups is 2. The van der Waals surface area contributed by atoms with Gasteiger partial charge in [-0.25, -0.2) is 9.07 Å². The maximum absolute atomic E-state index is 13.3. The van der Waals surface area contributed by atoms with E-state index in [4.69, 9.17) is 5.73 Å². The molecule has 0 aliphatic heterocycles. The van der Waals surface area contributed by atoms with E-state index in [0.29, 0.717) is 15.8 Å². The van der Waals surface area contributed by atoms with E-state index in [1.165, 1.54) is 22.9 Å². The second kappa shape index (κ2) is 6.86. The first-order valence-electron chi connectivity index (χ1n) is 7.16. The highest BCUT2D eigenvalue weighted by atomic mass is 79.9. The average Bonchev–Trinajstić information content (AvgIpc) is 3.08. The fraction of sp³-hybridized carbons (Fsp3) is 0. The zero-order chi connectivity index (χ0) is 18.0. The number of benzene rings is 2. The smallest absolute Gasteiger partial charge is 0.269 e. The maximum atomic E-state index is 13.3. The standard InChI is InChI=1S/C17H12BrFN4O2/c18-14-6-1-10(19)9-13(14)17(25)21-11-2-4-12(5-3-11)23-8-7-15(22-23)16(20)24/h1-9H,(H2,20,24)(H,21,25). The van der Waals surface area contributed by atoms with Gasteiger partial charge in [0.1, 0.15) is 11.5 Å². The van der Waals surface area contributed by atoms with Crippen LogP contribution in [0.4, 0.5) is 10.1 Å². The van der Waals surface area contributed by atoms with Crippen LogP contribution in [0.25, 0.3) is 5.69 Å². The van der Waals surface area contributed by atoms with Gasteiger partial charge >= 0.3 is 0 Å². The van der Waals surface area contributed by atoms with Crippen molar-refractivity contribution in [3.8, 4) is 5.69 Å². The molecule has 0 aliphatic rings. The number of halogens is 2. The van der Waals surface area contributed by atoms with Crippen LogP contribution >= 0.6 is 15.9 Å². The Morgan fingerprint density at radius 1 is 1.12 bits per heavy atom. The molecule has 3 rings (SSSR count). The molecule has 0 spiro atoms. The van der Waals surface area contributed by atoms with Crippen LogP contribution in [0.2, 0.25) is 0 Å². The van der Waals surface area contributed by atoms with Gasteiger partial charge < -0.3 is 11.1 Å². The Bertz CT molecular complexity index is 954. The van der Waals surface area contributed by atoms with Gasteiger partial charge in [0.15, 0.2) is 0 Å². The summed E-state index contributed by atoms with van der Waals surface area (Å²) in [5.41, 5.74) is 6.75. The van der Waals surface area contributed by atoms with Crippen LogP contribution < -0.4 is 11.1 Å². The molecule has 3 N–H and O–H groups in total. The van der Waals surface area contributed by atoms with Crippen LogP contribution in [0.1, 0.15) is 20.8 Å². The lowest BCUT2D eigenvalue weighted by molar-refractivity contribution is 0.0993. The summed E-state index contributed by atoms with van der Waals surface area (Å²) < 4.78 is 15.3. The molecular weight excluding hydrogens is 391 g/mol. The number of carbonyl (C=O) groups excluding carboxylic acids is 2. The van der Waals surface area contributed by atoms with Crippen molar-refractivity contribution in [2.45, 2.75) is 0 Å². The van der Waals surface area contributed by atoms with Crippen molar-refractivity contribution in [3.05, 3.63) is 76.3 Å². The Morgan fingerprint density at radius 3 is 2.48 bits per heavy atom. The highest BCUT2D eigenvalue weighted by Crippen LogP contribution is 2.20. The summed E-state index contributed by atoms with van der Waals surface area (Å²) in [6, 6.07) is 12.2. The molecule has 2 amide bonds. The molecule has 1 heterocycles. The zero-order valence-electron chi connectivity index (χ0n) is 12.7. The van der Waals surface area contributed by atoms with E-state index < -0.39 is 17.6 Å². The highest BCUT2D eigenvalue weighted by Gasteiger charge is 2.12. The summed E-state index contributed by atoms with van der Waals surface area (Å²) in [7, 11) is 0. The fourth-order valence-corrected chi connectivity index (χ4v) is 2.59. The Hall–Kier alpha value is -3.00. The Morgan fingerprint density at radius 2 is 1.84 bits per heavy atom. The first-order valence-corrected chi connectivity index (χ1v) is 7.95. The Balaban J connectivity index is 1.77. The molecule has 3 aromatic rings. The monoisotopic (exact) mass is 402 g/mol. The topological polar surface area (TPSA) is 90.0 Å². The van der Waals surface area contributed by atoms with Gasteiger partial charge in [-0.15, -0.1) is 0 Å². The quantitative estimate of drug-likeness (QED) is 0.702. The van der Waals surface area contributed by atoms with Gasteiger partial charge in [-0.05, 0) is 64.5 Å². The summed E-state index contributed by atoms with van der Waals surface area (Å²) >= 11 is 3.22. The molecule has 2 aromatic carbocycles. The number of nitrogens with zero attached hydrogens (tertiary/aromatic N) is 2. The normalized spacial score (nSPS) is 10.5. The molecule has 0 radical (unpaired) electrons. The Labute approximate surface area is 150 Å². The van der Waals surface area contributed by atoms with Crippen molar-refractivity contribution in [3.63, 3.8) is 0 Å². The Kier molecular flexibility index (Phi) is 4.62. The number of nitrogens with two attached hydrogens (primary N) is 1. The number of aromatic nitrogens is 2. The molecule has 1 aromatic heterocycles. The molecule has 0 unspecified atom stereocenters. The molecule has 0 fully saturated rings. The van der Waals surface area contributed by atoms with Gasteiger partial charge in [0.25, 0.3) is 11.8 Å². The molecular formula is C17H12BrFN4O2. The van der Waals surface area contributed by atoms with Crippen LogP contribution in [-0.4, -0.2) is 21.6 Å². The van der Waals surface area contributed by atoms with Crippen molar-refractivity contribution in [1.29, 1.82) is 0 Å². The van der Waals surface area contributed by atoms with Crippen molar-refractivity contribution in [1.82, 2.24) is 9.78 Å². The minimum Gasteiger partial charge on any atom is -0.364 e. The van der Waals surface area contributed by atoms with Gasteiger partial charge in [-0.3, -0.25) is 9.59 Å². The summed E-state index contributed by atoms with van der Waals surface area (Å²) in [5.74, 6) is -1.54. The van der Waals surface area contributed by atoms with Crippen LogP contribution in [0, 0.1) is 5.82 Å². The van der Waals surface area contributed by atoms with Crippen molar-refractivity contribution in [2.75, 3.05) is 5.32 Å². The molecule has 8 heteroatoms. The van der Waals surface area contributed by atoms with Crippen LogP contribution in [0.15, 0.2) is 59.2 Å². The van der Waals surface area contributed by atoms with Gasteiger partial charge in [0, 0.05) is 16.4 Å². The predicted octanol–water partition coefficient (Wildman–Crippen LogP) is 3.13. The molecule has 0 saturated heterocycles. The zero-order valence-corrected chi connectivity index (χ0v) is 14.3. The van der Waals surface area contributed by atoms with E-state index in [2.05, 4.69) is 26.3 Å². The predicted molar refractivity (Wildman–Crippen MR) is 94.1 cm³/mol. The molecule has 126 valence electrons. The number of nitrogens with one attached hydrogen (secondary N) is 1. The molecule has 0 atom stereocenters. The number of rotatable bonds is 4. The van der Waals surface area contributed by atoms with E-state index >= 15 is 0 Å². The lowest BCUT2D eigenvalue weighted by Gasteiger charge is -2.08.